The van der Waals surface area contributed by atoms with E-state index in [-0.39, 0.29) is 11.4 Å². The number of hydrazone groups is 1. The van der Waals surface area contributed by atoms with Gasteiger partial charge in [-0.1, -0.05) is 18.2 Å². The highest BCUT2D eigenvalue weighted by Gasteiger charge is 2.32. The van der Waals surface area contributed by atoms with E-state index >= 15 is 0 Å². The normalized spacial score (nSPS) is 16.5. The number of rotatable bonds is 7. The molecule has 0 bridgehead atoms. The van der Waals surface area contributed by atoms with Crippen molar-refractivity contribution in [1.29, 1.82) is 5.41 Å². The van der Waals surface area contributed by atoms with Crippen molar-refractivity contribution in [3.8, 4) is 11.5 Å². The second-order valence-electron chi connectivity index (χ2n) is 7.43. The van der Waals surface area contributed by atoms with E-state index in [2.05, 4.69) is 14.7 Å². The molecule has 1 N–H and O–H groups in total. The number of ether oxygens (including phenoxy) is 2. The van der Waals surface area contributed by atoms with E-state index in [1.807, 2.05) is 54.7 Å². The molecule has 0 fully saturated rings. The van der Waals surface area contributed by atoms with Gasteiger partial charge >= 0.3 is 0 Å². The number of thioether (sulfide) groups is 1. The topological polar surface area (TPSA) is 92.3 Å². The Labute approximate surface area is 194 Å². The fourth-order valence-electron chi connectivity index (χ4n) is 3.76. The van der Waals surface area contributed by atoms with Gasteiger partial charge in [0.05, 0.1) is 24.8 Å². The molecule has 9 heteroatoms. The first-order valence-electron chi connectivity index (χ1n) is 10.4. The van der Waals surface area contributed by atoms with Crippen molar-refractivity contribution < 1.29 is 14.3 Å². The van der Waals surface area contributed by atoms with Crippen LogP contribution in [0.5, 0.6) is 11.5 Å². The zero-order valence-corrected chi connectivity index (χ0v) is 18.7. The second kappa shape index (κ2) is 8.95. The van der Waals surface area contributed by atoms with Crippen molar-refractivity contribution in [2.75, 3.05) is 13.7 Å². The molecule has 0 atom stereocenters. The van der Waals surface area contributed by atoms with Crippen molar-refractivity contribution in [2.24, 2.45) is 10.1 Å². The van der Waals surface area contributed by atoms with Gasteiger partial charge in [-0.05, 0) is 54.6 Å². The Balaban J connectivity index is 1.34. The molecule has 0 aliphatic carbocycles. The summed E-state index contributed by atoms with van der Waals surface area (Å²) in [4.78, 5) is 16.6. The Hall–Kier alpha value is -3.85. The molecule has 0 unspecified atom stereocenters. The maximum atomic E-state index is 12.6. The summed E-state index contributed by atoms with van der Waals surface area (Å²) in [5.74, 6) is 1.21. The molecule has 3 heterocycles. The van der Waals surface area contributed by atoms with Gasteiger partial charge in [0.15, 0.2) is 11.0 Å². The Kier molecular flexibility index (Phi) is 5.70. The number of benzene rings is 2. The Morgan fingerprint density at radius 1 is 1.12 bits per heavy atom. The molecular weight excluding hydrogens is 438 g/mol. The number of aromatic nitrogens is 1. The summed E-state index contributed by atoms with van der Waals surface area (Å²) < 4.78 is 13.2. The SMILES string of the molecule is COc1ccc(OCCCn2cc(/C=C3\C(=N)N4N=CSC4=NC3=O)c3ccccc32)cc1. The van der Waals surface area contributed by atoms with Gasteiger partial charge in [-0.2, -0.15) is 15.1 Å². The van der Waals surface area contributed by atoms with Crippen molar-refractivity contribution in [3.05, 3.63) is 65.9 Å². The fraction of sp³-hybridized carbons (Fsp3) is 0.167. The van der Waals surface area contributed by atoms with Crippen LogP contribution in [0.3, 0.4) is 0 Å². The number of para-hydroxylation sites is 1. The van der Waals surface area contributed by atoms with Crippen LogP contribution in [0, 0.1) is 5.41 Å². The molecule has 0 saturated carbocycles. The van der Waals surface area contributed by atoms with Crippen LogP contribution in [0.1, 0.15) is 12.0 Å². The summed E-state index contributed by atoms with van der Waals surface area (Å²) in [5.41, 5.74) is 3.72. The molecule has 1 aromatic heterocycles. The molecule has 0 spiro atoms. The average molecular weight is 460 g/mol. The van der Waals surface area contributed by atoms with E-state index in [0.717, 1.165) is 40.9 Å². The Bertz CT molecular complexity index is 1320. The highest BCUT2D eigenvalue weighted by atomic mass is 32.2. The molecule has 2 aliphatic heterocycles. The third-order valence-electron chi connectivity index (χ3n) is 5.39. The number of hydrogen-bond acceptors (Lipinski definition) is 6. The maximum absolute atomic E-state index is 12.6. The first-order chi connectivity index (χ1) is 16.1. The van der Waals surface area contributed by atoms with Gasteiger partial charge in [0.25, 0.3) is 5.91 Å². The number of nitrogens with zero attached hydrogens (tertiary/aromatic N) is 4. The molecule has 0 saturated heterocycles. The summed E-state index contributed by atoms with van der Waals surface area (Å²) in [6, 6.07) is 15.5. The lowest BCUT2D eigenvalue weighted by Crippen LogP contribution is -2.35. The van der Waals surface area contributed by atoms with E-state index in [0.29, 0.717) is 11.8 Å². The summed E-state index contributed by atoms with van der Waals surface area (Å²) in [7, 11) is 1.64. The van der Waals surface area contributed by atoms with E-state index in [1.165, 1.54) is 16.8 Å². The minimum atomic E-state index is -0.422. The quantitative estimate of drug-likeness (QED) is 0.418. The number of methoxy groups -OCH3 is 1. The number of aliphatic imine (C=N–C) groups is 1. The molecule has 166 valence electrons. The number of carbonyl (C=O) groups is 1. The average Bonchev–Trinajstić information content (AvgIpc) is 3.45. The molecule has 5 rings (SSSR count). The van der Waals surface area contributed by atoms with E-state index in [9.17, 15) is 4.79 Å². The number of aryl methyl sites for hydroxylation is 1. The van der Waals surface area contributed by atoms with Crippen LogP contribution in [0.2, 0.25) is 0 Å². The van der Waals surface area contributed by atoms with E-state index in [4.69, 9.17) is 14.9 Å². The third kappa shape index (κ3) is 4.14. The molecule has 3 aromatic rings. The smallest absolute Gasteiger partial charge is 0.283 e. The second-order valence-corrected chi connectivity index (χ2v) is 8.24. The standard InChI is InChI=1S/C24H21N5O3S/c1-31-17-7-9-18(10-8-17)32-12-4-11-28-14-16(19-5-2-3-6-21(19)28)13-20-22(25)29-24(27-23(20)30)33-15-26-29/h2-3,5-10,13-15,25H,4,11-12H2,1H3/b20-13+,25-22?. The van der Waals surface area contributed by atoms with Crippen LogP contribution in [0.15, 0.2) is 70.4 Å². The van der Waals surface area contributed by atoms with Gasteiger partial charge in [-0.15, -0.1) is 0 Å². The highest BCUT2D eigenvalue weighted by molar-refractivity contribution is 8.25. The zero-order valence-electron chi connectivity index (χ0n) is 17.9. The molecule has 2 aromatic carbocycles. The van der Waals surface area contributed by atoms with Crippen LogP contribution in [-0.4, -0.2) is 45.7 Å². The highest BCUT2D eigenvalue weighted by Crippen LogP contribution is 2.28. The van der Waals surface area contributed by atoms with Crippen molar-refractivity contribution in [3.63, 3.8) is 0 Å². The fourth-order valence-corrected chi connectivity index (χ4v) is 4.37. The lowest BCUT2D eigenvalue weighted by molar-refractivity contribution is -0.114. The number of amides is 1. The predicted octanol–water partition coefficient (Wildman–Crippen LogP) is 4.37. The summed E-state index contributed by atoms with van der Waals surface area (Å²) in [5, 5.41) is 15.3. The van der Waals surface area contributed by atoms with Crippen molar-refractivity contribution >= 4 is 51.2 Å². The minimum Gasteiger partial charge on any atom is -0.497 e. The van der Waals surface area contributed by atoms with Crippen LogP contribution < -0.4 is 9.47 Å². The summed E-state index contributed by atoms with van der Waals surface area (Å²) in [6.07, 6.45) is 4.55. The van der Waals surface area contributed by atoms with Gasteiger partial charge < -0.3 is 14.0 Å². The number of amidine groups is 2. The third-order valence-corrected chi connectivity index (χ3v) is 6.06. The monoisotopic (exact) mass is 459 g/mol. The van der Waals surface area contributed by atoms with Gasteiger partial charge in [0.2, 0.25) is 0 Å². The number of fused-ring (bicyclic) bond motifs is 2. The maximum Gasteiger partial charge on any atom is 0.283 e. The van der Waals surface area contributed by atoms with Crippen LogP contribution in [-0.2, 0) is 11.3 Å². The van der Waals surface area contributed by atoms with Crippen LogP contribution in [0.4, 0.5) is 0 Å². The zero-order chi connectivity index (χ0) is 22.8. The van der Waals surface area contributed by atoms with Crippen LogP contribution in [0.25, 0.3) is 17.0 Å². The van der Waals surface area contributed by atoms with Crippen LogP contribution >= 0.6 is 11.8 Å². The molecule has 33 heavy (non-hydrogen) atoms. The predicted molar refractivity (Wildman–Crippen MR) is 131 cm³/mol. The van der Waals surface area contributed by atoms with Crippen molar-refractivity contribution in [2.45, 2.75) is 13.0 Å². The molecule has 2 aliphatic rings. The summed E-state index contributed by atoms with van der Waals surface area (Å²) >= 11 is 1.23. The molecule has 1 amide bonds. The lowest BCUT2D eigenvalue weighted by atomic mass is 10.1. The van der Waals surface area contributed by atoms with Crippen molar-refractivity contribution in [1.82, 2.24) is 9.58 Å². The van der Waals surface area contributed by atoms with E-state index in [1.54, 1.807) is 18.7 Å². The van der Waals surface area contributed by atoms with E-state index < -0.39 is 5.91 Å². The molecular formula is C24H21N5O3S. The first-order valence-corrected chi connectivity index (χ1v) is 11.3. The number of carbonyl (C=O) groups excluding carboxylic acids is 1. The Morgan fingerprint density at radius 2 is 1.91 bits per heavy atom. The molecule has 8 nitrogen and oxygen atoms in total. The van der Waals surface area contributed by atoms with Gasteiger partial charge in [-0.3, -0.25) is 10.2 Å². The minimum absolute atomic E-state index is 0.0379. The molecule has 0 radical (unpaired) electrons. The Morgan fingerprint density at radius 3 is 2.73 bits per heavy atom. The lowest BCUT2D eigenvalue weighted by Gasteiger charge is -2.20. The first kappa shape index (κ1) is 21.0. The van der Waals surface area contributed by atoms with Gasteiger partial charge in [-0.25, -0.2) is 0 Å². The number of nitrogens with one attached hydrogen (secondary N) is 1. The van der Waals surface area contributed by atoms with Gasteiger partial charge in [0.1, 0.15) is 11.5 Å². The number of hydrogen-bond donors (Lipinski definition) is 1. The largest absolute Gasteiger partial charge is 0.497 e. The summed E-state index contributed by atoms with van der Waals surface area (Å²) in [6.45, 7) is 1.32. The van der Waals surface area contributed by atoms with Gasteiger partial charge in [0, 0.05) is 29.2 Å².